The highest BCUT2D eigenvalue weighted by Gasteiger charge is 2.37. The molecule has 0 bridgehead atoms. The average molecular weight is 247 g/mol. The van der Waals surface area contributed by atoms with Crippen LogP contribution in [0.15, 0.2) is 0 Å². The summed E-state index contributed by atoms with van der Waals surface area (Å²) in [6, 6.07) is 0.153. The average Bonchev–Trinajstić information content (AvgIpc) is 2.65. The second kappa shape index (κ2) is 5.05. The molecule has 1 aliphatic carbocycles. The third kappa shape index (κ3) is 3.20. The van der Waals surface area contributed by atoms with Gasteiger partial charge in [-0.05, 0) is 32.6 Å². The zero-order chi connectivity index (χ0) is 12.4. The molecule has 0 aromatic heterocycles. The molecule has 0 spiro atoms. The van der Waals surface area contributed by atoms with E-state index in [-0.39, 0.29) is 16.8 Å². The van der Waals surface area contributed by atoms with Gasteiger partial charge in [-0.25, -0.2) is 8.42 Å². The molecule has 1 saturated carbocycles. The molecule has 3 nitrogen and oxygen atoms in total. The molecule has 0 amide bonds. The summed E-state index contributed by atoms with van der Waals surface area (Å²) in [5.41, 5.74) is 0.0813. The lowest BCUT2D eigenvalue weighted by molar-refractivity contribution is 0.290. The third-order valence-corrected chi connectivity index (χ3v) is 5.76. The maximum Gasteiger partial charge on any atom is 0.151 e. The van der Waals surface area contributed by atoms with Gasteiger partial charge < -0.3 is 5.32 Å². The van der Waals surface area contributed by atoms with Gasteiger partial charge in [-0.15, -0.1) is 0 Å². The first-order chi connectivity index (χ1) is 7.32. The highest BCUT2D eigenvalue weighted by molar-refractivity contribution is 7.91. The standard InChI is InChI=1S/C12H25NO2S/c1-5-12(3,6-2)13-10-8-7-9-11(10)16(4,14)15/h10-11,13H,5-9H2,1-4H3. The van der Waals surface area contributed by atoms with E-state index in [1.165, 1.54) is 6.26 Å². The van der Waals surface area contributed by atoms with Gasteiger partial charge in [-0.2, -0.15) is 0 Å². The van der Waals surface area contributed by atoms with Crippen LogP contribution < -0.4 is 5.32 Å². The molecule has 1 fully saturated rings. The first kappa shape index (κ1) is 14.0. The molecular weight excluding hydrogens is 222 g/mol. The molecule has 0 saturated heterocycles. The van der Waals surface area contributed by atoms with Crippen molar-refractivity contribution in [1.29, 1.82) is 0 Å². The van der Waals surface area contributed by atoms with Gasteiger partial charge in [-0.3, -0.25) is 0 Å². The summed E-state index contributed by atoms with van der Waals surface area (Å²) >= 11 is 0. The Hall–Kier alpha value is -0.0900. The van der Waals surface area contributed by atoms with Crippen LogP contribution in [0.1, 0.15) is 52.9 Å². The molecule has 0 aromatic rings. The number of nitrogens with one attached hydrogen (secondary N) is 1. The van der Waals surface area contributed by atoms with E-state index in [1.807, 2.05) is 0 Å². The molecule has 2 atom stereocenters. The smallest absolute Gasteiger partial charge is 0.151 e. The van der Waals surface area contributed by atoms with Gasteiger partial charge in [-0.1, -0.05) is 20.3 Å². The Balaban J connectivity index is 2.74. The van der Waals surface area contributed by atoms with Gasteiger partial charge >= 0.3 is 0 Å². The van der Waals surface area contributed by atoms with Gasteiger partial charge in [0.2, 0.25) is 0 Å². The third-order valence-electron chi connectivity index (χ3n) is 4.10. The van der Waals surface area contributed by atoms with E-state index in [4.69, 9.17) is 0 Å². The SMILES string of the molecule is CCC(C)(CC)NC1CCCC1S(C)(=O)=O. The van der Waals surface area contributed by atoms with Crippen LogP contribution in [-0.2, 0) is 9.84 Å². The Morgan fingerprint density at radius 3 is 2.25 bits per heavy atom. The van der Waals surface area contributed by atoms with Crippen LogP contribution in [0.4, 0.5) is 0 Å². The van der Waals surface area contributed by atoms with Crippen LogP contribution in [0.3, 0.4) is 0 Å². The number of hydrogen-bond acceptors (Lipinski definition) is 3. The van der Waals surface area contributed by atoms with E-state index < -0.39 is 9.84 Å². The van der Waals surface area contributed by atoms with Crippen molar-refractivity contribution in [3.05, 3.63) is 0 Å². The normalized spacial score (nSPS) is 27.2. The molecule has 0 heterocycles. The van der Waals surface area contributed by atoms with Gasteiger partial charge in [0.1, 0.15) is 0 Å². The molecular formula is C12H25NO2S. The quantitative estimate of drug-likeness (QED) is 0.809. The first-order valence-electron chi connectivity index (χ1n) is 6.29. The van der Waals surface area contributed by atoms with Gasteiger partial charge in [0.15, 0.2) is 9.84 Å². The van der Waals surface area contributed by atoms with Crippen molar-refractivity contribution in [1.82, 2.24) is 5.32 Å². The van der Waals surface area contributed by atoms with Gasteiger partial charge in [0.25, 0.3) is 0 Å². The second-order valence-electron chi connectivity index (χ2n) is 5.32. The van der Waals surface area contributed by atoms with E-state index in [2.05, 4.69) is 26.1 Å². The predicted octanol–water partition coefficient (Wildman–Crippen LogP) is 2.12. The van der Waals surface area contributed by atoms with Crippen LogP contribution in [0, 0.1) is 0 Å². The van der Waals surface area contributed by atoms with Crippen LogP contribution in [0.2, 0.25) is 0 Å². The number of hydrogen-bond donors (Lipinski definition) is 1. The Kier molecular flexibility index (Phi) is 4.41. The molecule has 0 aromatic carbocycles. The summed E-state index contributed by atoms with van der Waals surface area (Å²) in [5.74, 6) is 0. The van der Waals surface area contributed by atoms with Gasteiger partial charge in [0.05, 0.1) is 5.25 Å². The Bertz CT molecular complexity index is 320. The van der Waals surface area contributed by atoms with Crippen LogP contribution in [0.5, 0.6) is 0 Å². The largest absolute Gasteiger partial charge is 0.307 e. The van der Waals surface area contributed by atoms with Crippen LogP contribution >= 0.6 is 0 Å². The van der Waals surface area contributed by atoms with Crippen molar-refractivity contribution < 1.29 is 8.42 Å². The topological polar surface area (TPSA) is 46.2 Å². The first-order valence-corrected chi connectivity index (χ1v) is 8.24. The molecule has 4 heteroatoms. The van der Waals surface area contributed by atoms with Crippen molar-refractivity contribution in [2.75, 3.05) is 6.26 Å². The molecule has 1 aliphatic rings. The lowest BCUT2D eigenvalue weighted by atomic mass is 9.94. The summed E-state index contributed by atoms with van der Waals surface area (Å²) in [7, 11) is -2.90. The van der Waals surface area contributed by atoms with Crippen molar-refractivity contribution >= 4 is 9.84 Å². The van der Waals surface area contributed by atoms with Crippen molar-refractivity contribution in [2.24, 2.45) is 0 Å². The van der Waals surface area contributed by atoms with Crippen molar-refractivity contribution in [2.45, 2.75) is 69.7 Å². The lowest BCUT2D eigenvalue weighted by Gasteiger charge is -2.34. The zero-order valence-electron chi connectivity index (χ0n) is 10.9. The number of rotatable bonds is 5. The lowest BCUT2D eigenvalue weighted by Crippen LogP contribution is -2.51. The Labute approximate surface area is 99.9 Å². The van der Waals surface area contributed by atoms with E-state index in [0.717, 1.165) is 32.1 Å². The minimum absolute atomic E-state index is 0.0813. The Morgan fingerprint density at radius 2 is 1.81 bits per heavy atom. The monoisotopic (exact) mass is 247 g/mol. The zero-order valence-corrected chi connectivity index (χ0v) is 11.7. The molecule has 1 N–H and O–H groups in total. The van der Waals surface area contributed by atoms with Crippen molar-refractivity contribution in [3.63, 3.8) is 0 Å². The van der Waals surface area contributed by atoms with Gasteiger partial charge in [0, 0.05) is 17.8 Å². The highest BCUT2D eigenvalue weighted by atomic mass is 32.2. The number of sulfone groups is 1. The van der Waals surface area contributed by atoms with E-state index in [9.17, 15) is 8.42 Å². The summed E-state index contributed by atoms with van der Waals surface area (Å²) in [6.45, 7) is 6.49. The van der Waals surface area contributed by atoms with Crippen LogP contribution in [0.25, 0.3) is 0 Å². The minimum Gasteiger partial charge on any atom is -0.307 e. The molecule has 2 unspecified atom stereocenters. The molecule has 0 aliphatic heterocycles. The molecule has 16 heavy (non-hydrogen) atoms. The second-order valence-corrected chi connectivity index (χ2v) is 7.58. The maximum atomic E-state index is 11.7. The van der Waals surface area contributed by atoms with Crippen LogP contribution in [-0.4, -0.2) is 31.5 Å². The molecule has 1 rings (SSSR count). The minimum atomic E-state index is -2.90. The fourth-order valence-corrected chi connectivity index (χ4v) is 3.90. The fraction of sp³-hybridized carbons (Fsp3) is 1.00. The highest BCUT2D eigenvalue weighted by Crippen LogP contribution is 2.28. The van der Waals surface area contributed by atoms with E-state index >= 15 is 0 Å². The summed E-state index contributed by atoms with van der Waals surface area (Å²) in [6.07, 6.45) is 6.28. The van der Waals surface area contributed by atoms with E-state index in [0.29, 0.717) is 0 Å². The molecule has 0 radical (unpaired) electrons. The Morgan fingerprint density at radius 1 is 1.25 bits per heavy atom. The van der Waals surface area contributed by atoms with E-state index in [1.54, 1.807) is 0 Å². The predicted molar refractivity (Wildman–Crippen MR) is 68.4 cm³/mol. The summed E-state index contributed by atoms with van der Waals surface area (Å²) < 4.78 is 23.3. The van der Waals surface area contributed by atoms with Crippen molar-refractivity contribution in [3.8, 4) is 0 Å². The summed E-state index contributed by atoms with van der Waals surface area (Å²) in [5, 5.41) is 3.39. The maximum absolute atomic E-state index is 11.7. The molecule has 96 valence electrons. The summed E-state index contributed by atoms with van der Waals surface area (Å²) in [4.78, 5) is 0. The fourth-order valence-electron chi connectivity index (χ4n) is 2.51.